The number of likely N-dealkylation sites (tertiary alicyclic amines) is 1. The van der Waals surface area contributed by atoms with Crippen molar-refractivity contribution >= 4 is 40.6 Å². The van der Waals surface area contributed by atoms with E-state index in [2.05, 4.69) is 23.5 Å². The summed E-state index contributed by atoms with van der Waals surface area (Å²) in [7, 11) is 0. The van der Waals surface area contributed by atoms with Crippen LogP contribution in [0.25, 0.3) is 11.0 Å². The summed E-state index contributed by atoms with van der Waals surface area (Å²) in [5.74, 6) is -1.80. The fourth-order valence-electron chi connectivity index (χ4n) is 6.74. The largest absolute Gasteiger partial charge is 0.465 e. The minimum Gasteiger partial charge on any atom is -0.465 e. The van der Waals surface area contributed by atoms with E-state index in [0.29, 0.717) is 38.8 Å². The van der Waals surface area contributed by atoms with Gasteiger partial charge in [0.15, 0.2) is 0 Å². The van der Waals surface area contributed by atoms with Crippen LogP contribution in [0.15, 0.2) is 49.6 Å². The van der Waals surface area contributed by atoms with Crippen molar-refractivity contribution in [1.82, 2.24) is 24.8 Å². The number of nitrogens with zero attached hydrogens (tertiary/aromatic N) is 5. The smallest absolute Gasteiger partial charge is 0.310 e. The Bertz CT molecular complexity index is 1300. The molecule has 1 aromatic carbocycles. The summed E-state index contributed by atoms with van der Waals surface area (Å²) < 4.78 is 6.65. The van der Waals surface area contributed by atoms with Gasteiger partial charge in [0.1, 0.15) is 18.2 Å². The first-order valence-corrected chi connectivity index (χ1v) is 15.4. The maximum atomic E-state index is 14.5. The molecule has 0 aliphatic carbocycles. The molecular weight excluding hydrogens is 542 g/mol. The molecule has 10 nitrogen and oxygen atoms in total. The quantitative estimate of drug-likeness (QED) is 0.194. The lowest BCUT2D eigenvalue weighted by atomic mass is 9.71. The van der Waals surface area contributed by atoms with Gasteiger partial charge in [0.25, 0.3) is 0 Å². The summed E-state index contributed by atoms with van der Waals surface area (Å²) in [6, 6.07) is 6.86. The number of ether oxygens (including phenoxy) is 1. The number of aliphatic hydroxyl groups excluding tert-OH is 1. The first-order valence-electron chi connectivity index (χ1n) is 14.5. The van der Waals surface area contributed by atoms with Gasteiger partial charge in [-0.1, -0.05) is 29.5 Å². The number of benzene rings is 1. The third-order valence-electron chi connectivity index (χ3n) is 8.55. The number of carbonyl (C=O) groups excluding carboxylic acids is 3. The van der Waals surface area contributed by atoms with E-state index in [0.717, 1.165) is 30.3 Å². The average molecular weight is 582 g/mol. The first kappa shape index (κ1) is 29.3. The summed E-state index contributed by atoms with van der Waals surface area (Å²) in [6.07, 6.45) is 8.40. The third-order valence-corrected chi connectivity index (χ3v) is 10.5. The average Bonchev–Trinajstić information content (AvgIpc) is 3.72. The number of esters is 1. The van der Waals surface area contributed by atoms with Crippen molar-refractivity contribution < 1.29 is 24.2 Å². The van der Waals surface area contributed by atoms with Crippen LogP contribution in [0, 0.1) is 11.8 Å². The molecular formula is C30H39N5O5S. The van der Waals surface area contributed by atoms with Gasteiger partial charge in [0.2, 0.25) is 11.8 Å². The maximum Gasteiger partial charge on any atom is 0.310 e. The van der Waals surface area contributed by atoms with Crippen LogP contribution in [-0.4, -0.2) is 90.0 Å². The Kier molecular flexibility index (Phi) is 9.13. The Labute approximate surface area is 244 Å². The number of hydrogen-bond donors (Lipinski definition) is 1. The molecule has 3 fully saturated rings. The van der Waals surface area contributed by atoms with Crippen molar-refractivity contribution in [3.05, 3.63) is 49.6 Å². The van der Waals surface area contributed by atoms with Gasteiger partial charge in [0.05, 0.1) is 28.7 Å². The lowest BCUT2D eigenvalue weighted by Crippen LogP contribution is -2.55. The molecule has 1 N–H and O–H groups in total. The van der Waals surface area contributed by atoms with Crippen LogP contribution in [0.4, 0.5) is 0 Å². The number of amides is 2. The van der Waals surface area contributed by atoms with Gasteiger partial charge in [-0.15, -0.1) is 30.0 Å². The van der Waals surface area contributed by atoms with Crippen LogP contribution >= 0.6 is 11.8 Å². The molecule has 1 spiro atoms. The van der Waals surface area contributed by atoms with Gasteiger partial charge in [-0.3, -0.25) is 14.4 Å². The second kappa shape index (κ2) is 12.8. The molecule has 2 unspecified atom stereocenters. The molecule has 5 rings (SSSR count). The molecule has 0 radical (unpaired) electrons. The summed E-state index contributed by atoms with van der Waals surface area (Å²) in [5, 5.41) is 17.7. The van der Waals surface area contributed by atoms with Crippen LogP contribution in [0.3, 0.4) is 0 Å². The Hall–Kier alpha value is -3.18. The van der Waals surface area contributed by atoms with Gasteiger partial charge in [0, 0.05) is 24.9 Å². The molecule has 2 amide bonds. The van der Waals surface area contributed by atoms with E-state index >= 15 is 0 Å². The summed E-state index contributed by atoms with van der Waals surface area (Å²) in [4.78, 5) is 45.4. The number of hydrogen-bond acceptors (Lipinski definition) is 8. The lowest BCUT2D eigenvalue weighted by molar-refractivity contribution is -0.154. The fraction of sp³-hybridized carbons (Fsp3) is 0.567. The van der Waals surface area contributed by atoms with Crippen LogP contribution in [0.5, 0.6) is 0 Å². The molecule has 3 saturated heterocycles. The first-order chi connectivity index (χ1) is 20.0. The number of thioether (sulfide) groups is 1. The van der Waals surface area contributed by atoms with E-state index in [4.69, 9.17) is 4.74 Å². The van der Waals surface area contributed by atoms with Gasteiger partial charge in [-0.2, -0.15) is 0 Å². The Morgan fingerprint density at radius 3 is 2.80 bits per heavy atom. The molecule has 5 atom stereocenters. The second-order valence-corrected chi connectivity index (χ2v) is 12.6. The lowest BCUT2D eigenvalue weighted by Gasteiger charge is -2.37. The fourth-order valence-corrected chi connectivity index (χ4v) is 8.94. The van der Waals surface area contributed by atoms with Gasteiger partial charge in [-0.05, 0) is 57.1 Å². The molecule has 0 saturated carbocycles. The van der Waals surface area contributed by atoms with E-state index in [1.165, 1.54) is 0 Å². The normalized spacial score (nSPS) is 26.4. The number of allylic oxidation sites excluding steroid dienone is 1. The summed E-state index contributed by atoms with van der Waals surface area (Å²) in [5.41, 5.74) is 1.54. The van der Waals surface area contributed by atoms with Crippen LogP contribution in [-0.2, 0) is 25.8 Å². The van der Waals surface area contributed by atoms with Crippen molar-refractivity contribution in [2.24, 2.45) is 11.8 Å². The van der Waals surface area contributed by atoms with Crippen LogP contribution in [0.1, 0.15) is 44.9 Å². The number of rotatable bonds is 15. The molecule has 41 heavy (non-hydrogen) atoms. The highest BCUT2D eigenvalue weighted by atomic mass is 32.2. The van der Waals surface area contributed by atoms with E-state index in [1.54, 1.807) is 38.4 Å². The van der Waals surface area contributed by atoms with Crippen molar-refractivity contribution in [3.8, 4) is 0 Å². The van der Waals surface area contributed by atoms with Crippen molar-refractivity contribution in [3.63, 3.8) is 0 Å². The number of unbranched alkanes of at least 4 members (excludes halogenated alkanes) is 3. The standard InChI is InChI=1S/C30H39N5O5S/c1-3-5-11-19-40-29(39)24-23-14-15-30(41-23)25(24)27(37)34(17-9-6-10-18-36)26(30)28(38)33(16-4-2)20-35-22-13-8-7-12-21(22)31-32-35/h3-4,7-8,12-13,23-26,36H,1-2,5-6,9-11,14-20H2/t23-,24+,25-,26?,30?/m0/s1. The van der Waals surface area contributed by atoms with E-state index in [-0.39, 0.29) is 42.9 Å². The highest BCUT2D eigenvalue weighted by Gasteiger charge is 2.74. The minimum absolute atomic E-state index is 0.0465. The molecule has 11 heteroatoms. The number of para-hydroxylation sites is 1. The second-order valence-electron chi connectivity index (χ2n) is 11.0. The van der Waals surface area contributed by atoms with Gasteiger partial charge in [-0.25, -0.2) is 4.68 Å². The van der Waals surface area contributed by atoms with Gasteiger partial charge >= 0.3 is 5.97 Å². The zero-order chi connectivity index (χ0) is 29.0. The highest BCUT2D eigenvalue weighted by molar-refractivity contribution is 8.02. The zero-order valence-corrected chi connectivity index (χ0v) is 24.2. The van der Waals surface area contributed by atoms with Crippen molar-refractivity contribution in [1.29, 1.82) is 0 Å². The monoisotopic (exact) mass is 581 g/mol. The van der Waals surface area contributed by atoms with Crippen LogP contribution in [0.2, 0.25) is 0 Å². The van der Waals surface area contributed by atoms with Crippen molar-refractivity contribution in [2.45, 2.75) is 67.7 Å². The Balaban J connectivity index is 1.44. The number of aliphatic hydroxyl groups is 1. The SMILES string of the molecule is C=CCCCOC(=O)[C@@H]1[C@@H]2CCC3(S2)C(C(=O)N(CC=C)Cn2nnc4ccccc42)N(CCCCCO)C(=O)[C@H]13. The molecule has 2 aromatic rings. The molecule has 1 aromatic heterocycles. The zero-order valence-electron chi connectivity index (χ0n) is 23.4. The van der Waals surface area contributed by atoms with Crippen LogP contribution < -0.4 is 0 Å². The maximum absolute atomic E-state index is 14.5. The Morgan fingerprint density at radius 2 is 2.02 bits per heavy atom. The minimum atomic E-state index is -0.711. The summed E-state index contributed by atoms with van der Waals surface area (Å²) >= 11 is 1.64. The number of carbonyl (C=O) groups is 3. The van der Waals surface area contributed by atoms with Crippen molar-refractivity contribution in [2.75, 3.05) is 26.3 Å². The molecule has 3 aliphatic rings. The highest BCUT2D eigenvalue weighted by Crippen LogP contribution is 2.66. The van der Waals surface area contributed by atoms with E-state index < -0.39 is 22.6 Å². The predicted molar refractivity (Wildman–Crippen MR) is 157 cm³/mol. The third kappa shape index (κ3) is 5.41. The number of fused-ring (bicyclic) bond motifs is 2. The summed E-state index contributed by atoms with van der Waals surface area (Å²) in [6.45, 7) is 8.80. The van der Waals surface area contributed by atoms with E-state index in [9.17, 15) is 19.5 Å². The molecule has 2 bridgehead atoms. The topological polar surface area (TPSA) is 118 Å². The number of aromatic nitrogens is 3. The Morgan fingerprint density at radius 1 is 1.20 bits per heavy atom. The van der Waals surface area contributed by atoms with Gasteiger partial charge < -0.3 is 19.6 Å². The molecule has 220 valence electrons. The predicted octanol–water partition coefficient (Wildman–Crippen LogP) is 3.17. The van der Waals surface area contributed by atoms with E-state index in [1.807, 2.05) is 24.3 Å². The molecule has 4 heterocycles. The molecule has 3 aliphatic heterocycles.